The number of hydrogen-bond donors (Lipinski definition) is 1. The third-order valence-corrected chi connectivity index (χ3v) is 3.98. The van der Waals surface area contributed by atoms with E-state index in [4.69, 9.17) is 4.74 Å². The summed E-state index contributed by atoms with van der Waals surface area (Å²) in [6.45, 7) is 0.923. The molecule has 2 aromatic rings. The topological polar surface area (TPSA) is 34.1 Å². The lowest BCUT2D eigenvalue weighted by Gasteiger charge is -2.13. The largest absolute Gasteiger partial charge is 0.381 e. The Kier molecular flexibility index (Phi) is 3.76. The molecule has 1 heterocycles. The highest BCUT2D eigenvalue weighted by Crippen LogP contribution is 2.22. The fourth-order valence-corrected chi connectivity index (χ4v) is 2.84. The van der Waals surface area contributed by atoms with Crippen LogP contribution in [0.2, 0.25) is 0 Å². The normalized spacial score (nSPS) is 23.0. The molecular weight excluding hydrogens is 236 g/mol. The molecule has 3 heteroatoms. The molecule has 1 aromatic heterocycles. The fourth-order valence-electron chi connectivity index (χ4n) is 2.84. The number of aromatic nitrogens is 1. The van der Waals surface area contributed by atoms with Crippen molar-refractivity contribution in [2.24, 2.45) is 0 Å². The Bertz CT molecular complexity index is 555. The Morgan fingerprint density at radius 1 is 1.32 bits per heavy atom. The van der Waals surface area contributed by atoms with Crippen LogP contribution in [-0.2, 0) is 11.3 Å². The van der Waals surface area contributed by atoms with Gasteiger partial charge in [-0.05, 0) is 43.0 Å². The molecule has 100 valence electrons. The van der Waals surface area contributed by atoms with Crippen LogP contribution in [0.5, 0.6) is 0 Å². The first-order valence-electron chi connectivity index (χ1n) is 6.95. The van der Waals surface area contributed by atoms with Crippen molar-refractivity contribution in [2.75, 3.05) is 7.11 Å². The second kappa shape index (κ2) is 5.68. The van der Waals surface area contributed by atoms with E-state index in [9.17, 15) is 0 Å². The van der Waals surface area contributed by atoms with Crippen molar-refractivity contribution in [3.63, 3.8) is 0 Å². The lowest BCUT2D eigenvalue weighted by atomic mass is 10.1. The molecule has 0 aliphatic heterocycles. The zero-order valence-corrected chi connectivity index (χ0v) is 11.3. The molecule has 1 aliphatic rings. The minimum atomic E-state index is 0.443. The number of nitrogens with one attached hydrogen (secondary N) is 1. The molecule has 1 aliphatic carbocycles. The van der Waals surface area contributed by atoms with Crippen molar-refractivity contribution in [2.45, 2.75) is 38.0 Å². The number of ether oxygens (including phenoxy) is 1. The number of benzene rings is 1. The van der Waals surface area contributed by atoms with E-state index in [1.54, 1.807) is 0 Å². The summed E-state index contributed by atoms with van der Waals surface area (Å²) in [4.78, 5) is 4.34. The average Bonchev–Trinajstić information content (AvgIpc) is 2.93. The Balaban J connectivity index is 1.62. The van der Waals surface area contributed by atoms with Gasteiger partial charge >= 0.3 is 0 Å². The lowest BCUT2D eigenvalue weighted by molar-refractivity contribution is 0.107. The van der Waals surface area contributed by atoms with Crippen LogP contribution in [0.4, 0.5) is 0 Å². The van der Waals surface area contributed by atoms with E-state index in [0.717, 1.165) is 18.5 Å². The van der Waals surface area contributed by atoms with Gasteiger partial charge in [-0.3, -0.25) is 4.98 Å². The van der Waals surface area contributed by atoms with Crippen molar-refractivity contribution in [1.29, 1.82) is 0 Å². The molecule has 0 saturated heterocycles. The molecular formula is C16H20N2O. The van der Waals surface area contributed by atoms with Crippen molar-refractivity contribution in [3.8, 4) is 0 Å². The molecule has 1 fully saturated rings. The molecule has 0 radical (unpaired) electrons. The number of pyridine rings is 1. The number of nitrogens with zero attached hydrogens (tertiary/aromatic N) is 1. The summed E-state index contributed by atoms with van der Waals surface area (Å²) in [6.07, 6.45) is 5.80. The Hall–Kier alpha value is -1.45. The maximum atomic E-state index is 5.40. The summed E-state index contributed by atoms with van der Waals surface area (Å²) in [5.41, 5.74) is 2.38. The van der Waals surface area contributed by atoms with Crippen LogP contribution in [0.3, 0.4) is 0 Å². The predicted octanol–water partition coefficient (Wildman–Crippen LogP) is 2.89. The van der Waals surface area contributed by atoms with E-state index in [2.05, 4.69) is 34.6 Å². The highest BCUT2D eigenvalue weighted by molar-refractivity contribution is 5.78. The van der Waals surface area contributed by atoms with Crippen LogP contribution in [-0.4, -0.2) is 24.2 Å². The maximum Gasteiger partial charge on any atom is 0.0702 e. The van der Waals surface area contributed by atoms with E-state index in [1.807, 2.05) is 19.4 Å². The minimum Gasteiger partial charge on any atom is -0.381 e. The van der Waals surface area contributed by atoms with Gasteiger partial charge in [0.1, 0.15) is 0 Å². The van der Waals surface area contributed by atoms with Gasteiger partial charge in [-0.15, -0.1) is 0 Å². The van der Waals surface area contributed by atoms with Crippen molar-refractivity contribution in [1.82, 2.24) is 10.3 Å². The maximum absolute atomic E-state index is 5.40. The lowest BCUT2D eigenvalue weighted by Crippen LogP contribution is -2.26. The summed E-state index contributed by atoms with van der Waals surface area (Å²) in [5, 5.41) is 4.84. The highest BCUT2D eigenvalue weighted by atomic mass is 16.5. The van der Waals surface area contributed by atoms with E-state index in [1.165, 1.54) is 23.8 Å². The summed E-state index contributed by atoms with van der Waals surface area (Å²) < 4.78 is 5.40. The minimum absolute atomic E-state index is 0.443. The highest BCUT2D eigenvalue weighted by Gasteiger charge is 2.23. The molecule has 19 heavy (non-hydrogen) atoms. The SMILES string of the molecule is COC1CCC(NCc2ccc3ncccc3c2)C1. The zero-order valence-electron chi connectivity index (χ0n) is 11.3. The summed E-state index contributed by atoms with van der Waals surface area (Å²) in [7, 11) is 1.81. The molecule has 3 rings (SSSR count). The second-order valence-corrected chi connectivity index (χ2v) is 5.28. The van der Waals surface area contributed by atoms with Gasteiger partial charge in [0.05, 0.1) is 11.6 Å². The summed E-state index contributed by atoms with van der Waals surface area (Å²) >= 11 is 0. The van der Waals surface area contributed by atoms with Gasteiger partial charge in [-0.25, -0.2) is 0 Å². The molecule has 0 spiro atoms. The number of rotatable bonds is 4. The van der Waals surface area contributed by atoms with Crippen LogP contribution in [0.25, 0.3) is 10.9 Å². The zero-order chi connectivity index (χ0) is 13.1. The molecule has 0 amide bonds. The Morgan fingerprint density at radius 3 is 3.11 bits per heavy atom. The van der Waals surface area contributed by atoms with Gasteiger partial charge in [-0.1, -0.05) is 12.1 Å². The van der Waals surface area contributed by atoms with Crippen molar-refractivity contribution in [3.05, 3.63) is 42.1 Å². The van der Waals surface area contributed by atoms with E-state index >= 15 is 0 Å². The first-order valence-corrected chi connectivity index (χ1v) is 6.95. The first-order chi connectivity index (χ1) is 9.35. The van der Waals surface area contributed by atoms with E-state index in [-0.39, 0.29) is 0 Å². The molecule has 2 atom stereocenters. The average molecular weight is 256 g/mol. The first kappa shape index (κ1) is 12.6. The third-order valence-electron chi connectivity index (χ3n) is 3.98. The van der Waals surface area contributed by atoms with Crippen LogP contribution in [0.1, 0.15) is 24.8 Å². The molecule has 1 N–H and O–H groups in total. The number of fused-ring (bicyclic) bond motifs is 1. The van der Waals surface area contributed by atoms with Crippen LogP contribution in [0.15, 0.2) is 36.5 Å². The summed E-state index contributed by atoms with van der Waals surface area (Å²) in [5.74, 6) is 0. The predicted molar refractivity (Wildman–Crippen MR) is 77.0 cm³/mol. The van der Waals surface area contributed by atoms with Crippen LogP contribution in [0, 0.1) is 0 Å². The molecule has 3 nitrogen and oxygen atoms in total. The Labute approximate surface area is 114 Å². The van der Waals surface area contributed by atoms with Crippen molar-refractivity contribution < 1.29 is 4.74 Å². The van der Waals surface area contributed by atoms with E-state index in [0.29, 0.717) is 12.1 Å². The fraction of sp³-hybridized carbons (Fsp3) is 0.438. The quantitative estimate of drug-likeness (QED) is 0.913. The van der Waals surface area contributed by atoms with Gasteiger partial charge < -0.3 is 10.1 Å². The van der Waals surface area contributed by atoms with Gasteiger partial charge in [-0.2, -0.15) is 0 Å². The molecule has 2 unspecified atom stereocenters. The van der Waals surface area contributed by atoms with Crippen LogP contribution < -0.4 is 5.32 Å². The third kappa shape index (κ3) is 2.94. The number of hydrogen-bond acceptors (Lipinski definition) is 3. The van der Waals surface area contributed by atoms with Crippen LogP contribution >= 0.6 is 0 Å². The van der Waals surface area contributed by atoms with Gasteiger partial charge in [0.15, 0.2) is 0 Å². The molecule has 1 aromatic carbocycles. The van der Waals surface area contributed by atoms with Crippen molar-refractivity contribution >= 4 is 10.9 Å². The molecule has 0 bridgehead atoms. The molecule has 1 saturated carbocycles. The Morgan fingerprint density at radius 2 is 2.26 bits per heavy atom. The van der Waals surface area contributed by atoms with E-state index < -0.39 is 0 Å². The monoisotopic (exact) mass is 256 g/mol. The second-order valence-electron chi connectivity index (χ2n) is 5.28. The van der Waals surface area contributed by atoms with Gasteiger partial charge in [0.2, 0.25) is 0 Å². The van der Waals surface area contributed by atoms with Gasteiger partial charge in [0, 0.05) is 31.3 Å². The smallest absolute Gasteiger partial charge is 0.0702 e. The summed E-state index contributed by atoms with van der Waals surface area (Å²) in [6, 6.07) is 11.2. The standard InChI is InChI=1S/C16H20N2O/c1-19-15-6-5-14(10-15)18-11-12-4-7-16-13(9-12)3-2-8-17-16/h2-4,7-9,14-15,18H,5-6,10-11H2,1H3. The number of methoxy groups -OCH3 is 1. The van der Waals surface area contributed by atoms with Gasteiger partial charge in [0.25, 0.3) is 0 Å².